The highest BCUT2D eigenvalue weighted by Crippen LogP contribution is 2.27. The molecule has 3 rings (SSSR count). The number of carbonyl (C=O) groups is 3. The topological polar surface area (TPSA) is 141 Å². The van der Waals surface area contributed by atoms with E-state index >= 15 is 0 Å². The van der Waals surface area contributed by atoms with E-state index in [1.54, 1.807) is 25.1 Å². The number of pyridine rings is 1. The van der Waals surface area contributed by atoms with Gasteiger partial charge < -0.3 is 11.1 Å². The summed E-state index contributed by atoms with van der Waals surface area (Å²) >= 11 is 15.5. The number of primary amides is 1. The largest absolute Gasteiger partial charge is 0.368 e. The second kappa shape index (κ2) is 10.1. The maximum Gasteiger partial charge on any atom is 0.277 e. The summed E-state index contributed by atoms with van der Waals surface area (Å²) in [7, 11) is 0. The number of amides is 3. The Kier molecular flexibility index (Phi) is 7.46. The van der Waals surface area contributed by atoms with Crippen molar-refractivity contribution in [3.63, 3.8) is 0 Å². The molecule has 1 aromatic carbocycles. The molecule has 32 heavy (non-hydrogen) atoms. The summed E-state index contributed by atoms with van der Waals surface area (Å²) in [5.74, 6) is -1.86. The first-order chi connectivity index (χ1) is 15.2. The molecule has 0 saturated heterocycles. The fourth-order valence-corrected chi connectivity index (χ4v) is 3.55. The number of anilines is 1. The number of hydrogen-bond donors (Lipinski definition) is 3. The fraction of sp³-hybridized carbons (Fsp3) is 0.105. The predicted octanol–water partition coefficient (Wildman–Crippen LogP) is 3.04. The summed E-state index contributed by atoms with van der Waals surface area (Å²) in [5.41, 5.74) is 7.86. The number of aryl methyl sites for hydroxylation is 1. The third kappa shape index (κ3) is 5.43. The zero-order valence-corrected chi connectivity index (χ0v) is 19.5. The van der Waals surface area contributed by atoms with E-state index in [1.165, 1.54) is 23.0 Å². The van der Waals surface area contributed by atoms with Crippen molar-refractivity contribution in [2.75, 3.05) is 11.9 Å². The van der Waals surface area contributed by atoms with Crippen LogP contribution in [0, 0.1) is 6.92 Å². The Hall–Kier alpha value is -2.99. The molecule has 0 aliphatic heterocycles. The first-order valence-electron chi connectivity index (χ1n) is 8.85. The molecule has 0 bridgehead atoms. The molecule has 2 aromatic heterocycles. The zero-order chi connectivity index (χ0) is 23.4. The SMILES string of the molecule is Cc1cc(Cl)cc(C(=O)NOCC(N)=O)c1NC(=O)c1cc(Br)nn1-c1ncccc1Cl. The van der Waals surface area contributed by atoms with Crippen LogP contribution < -0.4 is 16.5 Å². The zero-order valence-electron chi connectivity index (χ0n) is 16.4. The fourth-order valence-electron chi connectivity index (χ4n) is 2.70. The number of nitrogens with one attached hydrogen (secondary N) is 2. The number of halogens is 3. The van der Waals surface area contributed by atoms with Gasteiger partial charge in [-0.2, -0.15) is 5.10 Å². The molecular weight excluding hydrogens is 527 g/mol. The minimum absolute atomic E-state index is 0.00817. The second-order valence-electron chi connectivity index (χ2n) is 6.36. The molecule has 10 nitrogen and oxygen atoms in total. The maximum absolute atomic E-state index is 13.1. The molecule has 166 valence electrons. The second-order valence-corrected chi connectivity index (χ2v) is 8.01. The Morgan fingerprint density at radius 2 is 1.97 bits per heavy atom. The van der Waals surface area contributed by atoms with Gasteiger partial charge in [-0.25, -0.2) is 15.1 Å². The van der Waals surface area contributed by atoms with Gasteiger partial charge in [-0.3, -0.25) is 19.2 Å². The van der Waals surface area contributed by atoms with E-state index in [4.69, 9.17) is 33.8 Å². The van der Waals surface area contributed by atoms with E-state index in [2.05, 4.69) is 36.8 Å². The van der Waals surface area contributed by atoms with Crippen molar-refractivity contribution in [1.82, 2.24) is 20.2 Å². The average molecular weight is 542 g/mol. The molecule has 3 aromatic rings. The minimum Gasteiger partial charge on any atom is -0.368 e. The molecule has 0 aliphatic rings. The third-order valence-electron chi connectivity index (χ3n) is 4.01. The van der Waals surface area contributed by atoms with Crippen molar-refractivity contribution in [1.29, 1.82) is 0 Å². The van der Waals surface area contributed by atoms with Gasteiger partial charge in [0.2, 0.25) is 5.91 Å². The lowest BCUT2D eigenvalue weighted by Crippen LogP contribution is -2.30. The van der Waals surface area contributed by atoms with E-state index in [-0.39, 0.29) is 32.8 Å². The van der Waals surface area contributed by atoms with Crippen molar-refractivity contribution < 1.29 is 19.2 Å². The molecule has 0 fully saturated rings. The number of carbonyl (C=O) groups excluding carboxylic acids is 3. The highest BCUT2D eigenvalue weighted by molar-refractivity contribution is 9.10. The molecule has 0 unspecified atom stereocenters. The average Bonchev–Trinajstić information content (AvgIpc) is 3.11. The Bertz CT molecular complexity index is 1220. The van der Waals surface area contributed by atoms with Crippen molar-refractivity contribution in [2.24, 2.45) is 5.73 Å². The summed E-state index contributed by atoms with van der Waals surface area (Å²) in [6.45, 7) is 1.14. The van der Waals surface area contributed by atoms with Crippen LogP contribution in [-0.4, -0.2) is 39.1 Å². The molecule has 0 radical (unpaired) electrons. The van der Waals surface area contributed by atoms with Crippen LogP contribution in [0.15, 0.2) is 41.1 Å². The monoisotopic (exact) mass is 540 g/mol. The summed E-state index contributed by atoms with van der Waals surface area (Å²) in [6, 6.07) is 7.64. The Balaban J connectivity index is 1.95. The van der Waals surface area contributed by atoms with Crippen LogP contribution in [0.2, 0.25) is 10.0 Å². The van der Waals surface area contributed by atoms with Crippen LogP contribution in [0.4, 0.5) is 5.69 Å². The normalized spacial score (nSPS) is 10.6. The number of nitrogens with zero attached hydrogens (tertiary/aromatic N) is 3. The number of hydrogen-bond acceptors (Lipinski definition) is 6. The van der Waals surface area contributed by atoms with Crippen LogP contribution in [0.3, 0.4) is 0 Å². The van der Waals surface area contributed by atoms with Crippen molar-refractivity contribution in [3.8, 4) is 5.82 Å². The van der Waals surface area contributed by atoms with Crippen LogP contribution >= 0.6 is 39.1 Å². The van der Waals surface area contributed by atoms with Crippen LogP contribution in [0.1, 0.15) is 26.4 Å². The first kappa shape index (κ1) is 23.7. The van der Waals surface area contributed by atoms with Gasteiger partial charge in [0.15, 0.2) is 12.4 Å². The molecule has 2 heterocycles. The van der Waals surface area contributed by atoms with E-state index in [1.807, 2.05) is 0 Å². The Morgan fingerprint density at radius 1 is 1.22 bits per heavy atom. The molecule has 13 heteroatoms. The van der Waals surface area contributed by atoms with Gasteiger partial charge in [-0.05, 0) is 52.7 Å². The number of aromatic nitrogens is 3. The quantitative estimate of drug-likeness (QED) is 0.392. The lowest BCUT2D eigenvalue weighted by Gasteiger charge is -2.15. The van der Waals surface area contributed by atoms with Crippen molar-refractivity contribution in [2.45, 2.75) is 6.92 Å². The highest BCUT2D eigenvalue weighted by Gasteiger charge is 2.22. The summed E-state index contributed by atoms with van der Waals surface area (Å²) < 4.78 is 1.64. The molecule has 0 saturated carbocycles. The molecule has 0 spiro atoms. The number of benzene rings is 1. The summed E-state index contributed by atoms with van der Waals surface area (Å²) in [5, 5.41) is 7.45. The van der Waals surface area contributed by atoms with Gasteiger partial charge in [0.1, 0.15) is 10.3 Å². The highest BCUT2D eigenvalue weighted by atomic mass is 79.9. The maximum atomic E-state index is 13.1. The van der Waals surface area contributed by atoms with E-state index in [0.717, 1.165) is 0 Å². The van der Waals surface area contributed by atoms with Gasteiger partial charge in [0, 0.05) is 17.3 Å². The van der Waals surface area contributed by atoms with Gasteiger partial charge in [0.25, 0.3) is 11.8 Å². The standard InChI is InChI=1S/C19H15BrCl2N6O4/c1-9-5-10(21)6-11(18(30)27-32-8-15(23)29)16(9)25-19(31)13-7-14(20)26-28(13)17-12(22)3-2-4-24-17/h2-7H,8H2,1H3,(H2,23,29)(H,25,31)(H,27,30). The number of nitrogens with two attached hydrogens (primary N) is 1. The third-order valence-corrected chi connectivity index (χ3v) is 4.92. The van der Waals surface area contributed by atoms with Crippen LogP contribution in [0.25, 0.3) is 5.82 Å². The first-order valence-corrected chi connectivity index (χ1v) is 10.4. The molecule has 4 N–H and O–H groups in total. The summed E-state index contributed by atoms with van der Waals surface area (Å²) in [6.07, 6.45) is 1.51. The number of rotatable bonds is 7. The van der Waals surface area contributed by atoms with E-state index < -0.39 is 24.3 Å². The van der Waals surface area contributed by atoms with Gasteiger partial charge >= 0.3 is 0 Å². The van der Waals surface area contributed by atoms with Gasteiger partial charge in [0.05, 0.1) is 16.3 Å². The summed E-state index contributed by atoms with van der Waals surface area (Å²) in [4.78, 5) is 45.4. The Labute approximate surface area is 200 Å². The molecule has 0 aliphatic carbocycles. The molecule has 3 amide bonds. The van der Waals surface area contributed by atoms with Gasteiger partial charge in [-0.15, -0.1) is 0 Å². The smallest absolute Gasteiger partial charge is 0.277 e. The minimum atomic E-state index is -0.770. The Morgan fingerprint density at radius 3 is 2.66 bits per heavy atom. The van der Waals surface area contributed by atoms with Gasteiger partial charge in [-0.1, -0.05) is 23.2 Å². The van der Waals surface area contributed by atoms with Crippen LogP contribution in [0.5, 0.6) is 0 Å². The van der Waals surface area contributed by atoms with Crippen molar-refractivity contribution in [3.05, 3.63) is 68.0 Å². The van der Waals surface area contributed by atoms with Crippen LogP contribution in [-0.2, 0) is 9.63 Å². The van der Waals surface area contributed by atoms with Crippen molar-refractivity contribution >= 4 is 62.5 Å². The predicted molar refractivity (Wildman–Crippen MR) is 121 cm³/mol. The lowest BCUT2D eigenvalue weighted by atomic mass is 10.1. The lowest BCUT2D eigenvalue weighted by molar-refractivity contribution is -0.124. The van der Waals surface area contributed by atoms with E-state index in [0.29, 0.717) is 10.2 Å². The molecule has 0 atom stereocenters. The van der Waals surface area contributed by atoms with E-state index in [9.17, 15) is 14.4 Å². The molecular formula is C19H15BrCl2N6O4. The number of hydroxylamine groups is 1.